The van der Waals surface area contributed by atoms with E-state index < -0.39 is 0 Å². The van der Waals surface area contributed by atoms with Crippen LogP contribution in [0.15, 0.2) is 17.5 Å². The lowest BCUT2D eigenvalue weighted by atomic mass is 10.2. The Bertz CT molecular complexity index is 447. The number of rotatable bonds is 3. The molecule has 2 aliphatic heterocycles. The van der Waals surface area contributed by atoms with Gasteiger partial charge in [0.05, 0.1) is 24.1 Å². The predicted octanol–water partition coefficient (Wildman–Crippen LogP) is 2.03. The van der Waals surface area contributed by atoms with Crippen molar-refractivity contribution >= 4 is 29.0 Å². The molecular weight excluding hydrogens is 304 g/mol. The van der Waals surface area contributed by atoms with Gasteiger partial charge >= 0.3 is 0 Å². The van der Waals surface area contributed by atoms with Gasteiger partial charge in [-0.1, -0.05) is 6.07 Å². The third kappa shape index (κ3) is 4.00. The molecule has 1 atom stereocenters. The van der Waals surface area contributed by atoms with E-state index in [9.17, 15) is 4.79 Å². The molecule has 2 aliphatic rings. The molecule has 1 aromatic heterocycles. The van der Waals surface area contributed by atoms with Gasteiger partial charge in [-0.05, 0) is 23.6 Å². The topological polar surface area (TPSA) is 32.8 Å². The number of morpholine rings is 1. The Balaban J connectivity index is 1.69. The van der Waals surface area contributed by atoms with Gasteiger partial charge in [0, 0.05) is 31.9 Å². The van der Waals surface area contributed by atoms with Crippen LogP contribution in [0.1, 0.15) is 16.1 Å². The van der Waals surface area contributed by atoms with Gasteiger partial charge in [-0.15, -0.1) is 11.3 Å². The lowest BCUT2D eigenvalue weighted by Gasteiger charge is -2.35. The van der Waals surface area contributed by atoms with Crippen molar-refractivity contribution in [3.05, 3.63) is 22.4 Å². The first kappa shape index (κ1) is 15.3. The lowest BCUT2D eigenvalue weighted by molar-refractivity contribution is 0.0246. The summed E-state index contributed by atoms with van der Waals surface area (Å²) in [6.45, 7) is 5.48. The monoisotopic (exact) mass is 326 g/mol. The average molecular weight is 326 g/mol. The van der Waals surface area contributed by atoms with Crippen LogP contribution in [0.2, 0.25) is 0 Å². The van der Waals surface area contributed by atoms with Crippen molar-refractivity contribution in [3.63, 3.8) is 0 Å². The summed E-state index contributed by atoms with van der Waals surface area (Å²) in [5.41, 5.74) is 0. The Morgan fingerprint density at radius 2 is 2.19 bits per heavy atom. The second kappa shape index (κ2) is 7.63. The van der Waals surface area contributed by atoms with E-state index in [-0.39, 0.29) is 5.91 Å². The zero-order chi connectivity index (χ0) is 14.5. The zero-order valence-electron chi connectivity index (χ0n) is 12.2. The van der Waals surface area contributed by atoms with Gasteiger partial charge in [-0.3, -0.25) is 9.69 Å². The molecule has 21 heavy (non-hydrogen) atoms. The van der Waals surface area contributed by atoms with Gasteiger partial charge < -0.3 is 9.64 Å². The van der Waals surface area contributed by atoms with E-state index in [4.69, 9.17) is 4.74 Å². The molecule has 3 heterocycles. The third-order valence-corrected chi connectivity index (χ3v) is 6.06. The quantitative estimate of drug-likeness (QED) is 0.851. The van der Waals surface area contributed by atoms with Crippen molar-refractivity contribution in [3.8, 4) is 0 Å². The van der Waals surface area contributed by atoms with E-state index in [1.807, 2.05) is 29.3 Å². The van der Waals surface area contributed by atoms with E-state index in [0.29, 0.717) is 6.04 Å². The van der Waals surface area contributed by atoms with Crippen LogP contribution in [0, 0.1) is 0 Å². The molecule has 0 saturated carbocycles. The summed E-state index contributed by atoms with van der Waals surface area (Å²) in [6, 6.07) is 4.23. The number of hydrogen-bond acceptors (Lipinski definition) is 5. The second-order valence-corrected chi connectivity index (χ2v) is 7.57. The van der Waals surface area contributed by atoms with Gasteiger partial charge in [0.25, 0.3) is 5.91 Å². The van der Waals surface area contributed by atoms with Crippen molar-refractivity contribution < 1.29 is 9.53 Å². The van der Waals surface area contributed by atoms with Crippen LogP contribution in [-0.2, 0) is 4.74 Å². The first-order chi connectivity index (χ1) is 10.3. The maximum absolute atomic E-state index is 12.7. The molecule has 0 bridgehead atoms. The summed E-state index contributed by atoms with van der Waals surface area (Å²) < 4.78 is 5.42. The summed E-state index contributed by atoms with van der Waals surface area (Å²) in [5, 5.41) is 1.98. The third-order valence-electron chi connectivity index (χ3n) is 4.00. The highest BCUT2D eigenvalue weighted by atomic mass is 32.2. The summed E-state index contributed by atoms with van der Waals surface area (Å²) in [5.74, 6) is 2.42. The lowest BCUT2D eigenvalue weighted by Crippen LogP contribution is -2.50. The van der Waals surface area contributed by atoms with E-state index >= 15 is 0 Å². The molecule has 0 N–H and O–H groups in total. The van der Waals surface area contributed by atoms with Crippen LogP contribution in [0.25, 0.3) is 0 Å². The number of carbonyl (C=O) groups excluding carboxylic acids is 1. The molecule has 2 fully saturated rings. The number of carbonyl (C=O) groups is 1. The number of amides is 1. The normalized spacial score (nSPS) is 24.8. The molecule has 0 aromatic carbocycles. The summed E-state index contributed by atoms with van der Waals surface area (Å²) in [7, 11) is 0. The van der Waals surface area contributed by atoms with E-state index in [1.165, 1.54) is 0 Å². The largest absolute Gasteiger partial charge is 0.379 e. The number of nitrogens with zero attached hydrogens (tertiary/aromatic N) is 2. The van der Waals surface area contributed by atoms with E-state index in [2.05, 4.69) is 9.80 Å². The highest BCUT2D eigenvalue weighted by molar-refractivity contribution is 7.99. The number of thioether (sulfide) groups is 1. The van der Waals surface area contributed by atoms with Crippen LogP contribution >= 0.6 is 23.1 Å². The minimum atomic E-state index is 0.214. The molecule has 2 saturated heterocycles. The molecule has 3 rings (SSSR count). The highest BCUT2D eigenvalue weighted by Crippen LogP contribution is 2.21. The van der Waals surface area contributed by atoms with E-state index in [0.717, 1.165) is 62.2 Å². The number of ether oxygens (including phenoxy) is 1. The first-order valence-electron chi connectivity index (χ1n) is 7.57. The zero-order valence-corrected chi connectivity index (χ0v) is 13.8. The fourth-order valence-corrected chi connectivity index (χ4v) is 4.61. The maximum Gasteiger partial charge on any atom is 0.264 e. The van der Waals surface area contributed by atoms with Gasteiger partial charge in [0.2, 0.25) is 0 Å². The molecule has 0 aliphatic carbocycles. The predicted molar refractivity (Wildman–Crippen MR) is 88.3 cm³/mol. The molecule has 4 nitrogen and oxygen atoms in total. The molecule has 0 radical (unpaired) electrons. The van der Waals surface area contributed by atoms with Gasteiger partial charge in [0.1, 0.15) is 0 Å². The van der Waals surface area contributed by atoms with Crippen molar-refractivity contribution in [1.29, 1.82) is 0 Å². The van der Waals surface area contributed by atoms with Crippen molar-refractivity contribution in [2.24, 2.45) is 0 Å². The molecule has 1 amide bonds. The Labute approximate surface area is 134 Å². The molecule has 116 valence electrons. The summed E-state index contributed by atoms with van der Waals surface area (Å²) >= 11 is 3.53. The van der Waals surface area contributed by atoms with Gasteiger partial charge in [-0.25, -0.2) is 0 Å². The fourth-order valence-electron chi connectivity index (χ4n) is 2.87. The Morgan fingerprint density at radius 1 is 1.33 bits per heavy atom. The van der Waals surface area contributed by atoms with Gasteiger partial charge in [-0.2, -0.15) is 11.8 Å². The van der Waals surface area contributed by atoms with Crippen LogP contribution < -0.4 is 0 Å². The standard InChI is InChI=1S/C15H22N2O2S2/c18-15(14-3-1-10-21-14)17-4-2-9-20-12-13(17)11-16-5-7-19-8-6-16/h1,3,10,13H,2,4-9,11-12H2/t13-/m0/s1. The van der Waals surface area contributed by atoms with Crippen LogP contribution in [0.5, 0.6) is 0 Å². The van der Waals surface area contributed by atoms with Crippen molar-refractivity contribution in [2.45, 2.75) is 12.5 Å². The Morgan fingerprint density at radius 3 is 2.95 bits per heavy atom. The van der Waals surface area contributed by atoms with Gasteiger partial charge in [0.15, 0.2) is 0 Å². The van der Waals surface area contributed by atoms with E-state index in [1.54, 1.807) is 11.3 Å². The second-order valence-electron chi connectivity index (χ2n) is 5.47. The summed E-state index contributed by atoms with van der Waals surface area (Å²) in [4.78, 5) is 18.2. The van der Waals surface area contributed by atoms with Crippen LogP contribution in [0.4, 0.5) is 0 Å². The average Bonchev–Trinajstić information content (AvgIpc) is 2.96. The SMILES string of the molecule is O=C(c1cccs1)N1CCCSC[C@@H]1CN1CCOCC1. The van der Waals surface area contributed by atoms with Crippen molar-refractivity contribution in [2.75, 3.05) is 50.9 Å². The molecule has 1 aromatic rings. The molecule has 0 unspecified atom stereocenters. The number of thiophene rings is 1. The highest BCUT2D eigenvalue weighted by Gasteiger charge is 2.29. The van der Waals surface area contributed by atoms with Crippen LogP contribution in [-0.4, -0.2) is 72.6 Å². The fraction of sp³-hybridized carbons (Fsp3) is 0.667. The molecule has 6 heteroatoms. The molecular formula is C15H22N2O2S2. The smallest absolute Gasteiger partial charge is 0.264 e. The minimum Gasteiger partial charge on any atom is -0.379 e. The Hall–Kier alpha value is -0.560. The first-order valence-corrected chi connectivity index (χ1v) is 9.60. The summed E-state index contributed by atoms with van der Waals surface area (Å²) in [6.07, 6.45) is 1.10. The van der Waals surface area contributed by atoms with Crippen LogP contribution in [0.3, 0.4) is 0 Å². The minimum absolute atomic E-state index is 0.214. The van der Waals surface area contributed by atoms with Crippen molar-refractivity contribution in [1.82, 2.24) is 9.80 Å². The molecule has 0 spiro atoms. The maximum atomic E-state index is 12.7. The Kier molecular flexibility index (Phi) is 5.57. The number of hydrogen-bond donors (Lipinski definition) is 0.